The van der Waals surface area contributed by atoms with Gasteiger partial charge >= 0.3 is 0 Å². The molecule has 3 fully saturated rings. The summed E-state index contributed by atoms with van der Waals surface area (Å²) < 4.78 is 42.2. The summed E-state index contributed by atoms with van der Waals surface area (Å²) in [6, 6.07) is 0. The van der Waals surface area contributed by atoms with Crippen LogP contribution in [0.25, 0.3) is 0 Å². The van der Waals surface area contributed by atoms with E-state index in [0.29, 0.717) is 32.0 Å². The first-order valence-corrected chi connectivity index (χ1v) is 14.9. The van der Waals surface area contributed by atoms with Crippen LogP contribution in [0.5, 0.6) is 0 Å². The Balaban J connectivity index is 0.000000890. The van der Waals surface area contributed by atoms with Crippen LogP contribution in [-0.2, 0) is 28.0 Å². The first kappa shape index (κ1) is 29.5. The Hall–Kier alpha value is 0.260. The fraction of sp³-hybridized carbons (Fsp3) is 1.00. The SMILES string of the molecule is CC1(C)OCC2(CCCC3(COP(=O)([O-])SCCCO)COC(C)(C)OC23)CO1.C[NH+](C)C. The summed E-state index contributed by atoms with van der Waals surface area (Å²) in [5, 5.41) is 8.87. The Morgan fingerprint density at radius 3 is 2.21 bits per heavy atom. The van der Waals surface area contributed by atoms with Crippen LogP contribution in [0.15, 0.2) is 0 Å². The summed E-state index contributed by atoms with van der Waals surface area (Å²) in [6.07, 6.45) is 2.63. The highest BCUT2D eigenvalue weighted by molar-refractivity contribution is 8.54. The molecule has 1 aliphatic carbocycles. The zero-order valence-electron chi connectivity index (χ0n) is 21.3. The molecule has 2 saturated heterocycles. The van der Waals surface area contributed by atoms with Crippen molar-refractivity contribution in [2.45, 2.75) is 71.1 Å². The van der Waals surface area contributed by atoms with Crippen molar-refractivity contribution >= 4 is 18.2 Å². The largest absolute Gasteiger partial charge is 0.770 e. The third-order valence-electron chi connectivity index (χ3n) is 6.05. The van der Waals surface area contributed by atoms with Gasteiger partial charge in [0.25, 0.3) is 0 Å². The van der Waals surface area contributed by atoms with Gasteiger partial charge in [0, 0.05) is 23.2 Å². The first-order chi connectivity index (χ1) is 15.2. The van der Waals surface area contributed by atoms with E-state index in [2.05, 4.69) is 21.1 Å². The normalized spacial score (nSPS) is 31.9. The zero-order valence-corrected chi connectivity index (χ0v) is 23.0. The molecule has 0 amide bonds. The maximum atomic E-state index is 12.4. The van der Waals surface area contributed by atoms with E-state index < -0.39 is 23.8 Å². The molecule has 0 aromatic carbocycles. The maximum Gasteiger partial charge on any atom is 0.192 e. The molecular formula is C22H44NO8PS. The zero-order chi connectivity index (χ0) is 25.0. The van der Waals surface area contributed by atoms with E-state index in [0.717, 1.165) is 30.6 Å². The van der Waals surface area contributed by atoms with Gasteiger partial charge in [-0.25, -0.2) is 0 Å². The van der Waals surface area contributed by atoms with Crippen LogP contribution in [0.1, 0.15) is 53.4 Å². The van der Waals surface area contributed by atoms with Crippen molar-refractivity contribution < 1.29 is 42.9 Å². The molecule has 2 heterocycles. The van der Waals surface area contributed by atoms with E-state index in [9.17, 15) is 9.46 Å². The van der Waals surface area contributed by atoms with Crippen molar-refractivity contribution in [1.82, 2.24) is 0 Å². The fourth-order valence-electron chi connectivity index (χ4n) is 4.43. The van der Waals surface area contributed by atoms with Gasteiger partial charge in [0.05, 0.1) is 53.7 Å². The average Bonchev–Trinajstić information content (AvgIpc) is 2.69. The molecular weight excluding hydrogens is 469 g/mol. The quantitative estimate of drug-likeness (QED) is 0.386. The molecule has 11 heteroatoms. The lowest BCUT2D eigenvalue weighted by Crippen LogP contribution is -3.02. The molecule has 33 heavy (non-hydrogen) atoms. The Morgan fingerprint density at radius 2 is 1.64 bits per heavy atom. The van der Waals surface area contributed by atoms with E-state index in [1.54, 1.807) is 0 Å². The summed E-state index contributed by atoms with van der Waals surface area (Å²) in [5.41, 5.74) is -0.950. The summed E-state index contributed by atoms with van der Waals surface area (Å²) in [5.74, 6) is -1.12. The molecule has 2 N–H and O–H groups in total. The summed E-state index contributed by atoms with van der Waals surface area (Å²) in [4.78, 5) is 13.8. The molecule has 0 bridgehead atoms. The summed E-state index contributed by atoms with van der Waals surface area (Å²) in [7, 11) is 6.25. The minimum absolute atomic E-state index is 0.00575. The summed E-state index contributed by atoms with van der Waals surface area (Å²) in [6.45, 7) is 4.75. The molecule has 3 aliphatic rings. The van der Waals surface area contributed by atoms with Crippen LogP contribution in [0.2, 0.25) is 0 Å². The van der Waals surface area contributed by atoms with Crippen molar-refractivity contribution in [2.75, 3.05) is 59.9 Å². The monoisotopic (exact) mass is 513 g/mol. The van der Waals surface area contributed by atoms with Gasteiger partial charge in [0.2, 0.25) is 0 Å². The number of hydrogen-bond acceptors (Lipinski definition) is 9. The highest BCUT2D eigenvalue weighted by Gasteiger charge is 2.61. The number of fused-ring (bicyclic) bond motifs is 2. The van der Waals surface area contributed by atoms with Gasteiger partial charge in [-0.15, -0.1) is 0 Å². The highest BCUT2D eigenvalue weighted by Crippen LogP contribution is 2.58. The van der Waals surface area contributed by atoms with Gasteiger partial charge in [-0.3, -0.25) is 4.57 Å². The molecule has 9 nitrogen and oxygen atoms in total. The number of nitrogens with one attached hydrogen (secondary N) is 1. The molecule has 196 valence electrons. The van der Waals surface area contributed by atoms with Crippen molar-refractivity contribution in [3.63, 3.8) is 0 Å². The number of hydrogen-bond donors (Lipinski definition) is 2. The predicted octanol–water partition coefficient (Wildman–Crippen LogP) is 1.44. The van der Waals surface area contributed by atoms with Crippen LogP contribution < -0.4 is 9.79 Å². The molecule has 0 aromatic rings. The third-order valence-corrected chi connectivity index (χ3v) is 9.09. The van der Waals surface area contributed by atoms with Crippen LogP contribution in [-0.4, -0.2) is 82.7 Å². The second-order valence-corrected chi connectivity index (χ2v) is 14.8. The Labute approximate surface area is 203 Å². The minimum Gasteiger partial charge on any atom is -0.770 e. The van der Waals surface area contributed by atoms with Gasteiger partial charge in [-0.05, 0) is 47.0 Å². The van der Waals surface area contributed by atoms with Crippen LogP contribution in [0, 0.1) is 10.8 Å². The number of quaternary nitrogens is 1. The summed E-state index contributed by atoms with van der Waals surface area (Å²) >= 11 is 0.741. The number of ether oxygens (including phenoxy) is 4. The molecule has 1 spiro atoms. The second-order valence-electron chi connectivity index (χ2n) is 10.9. The van der Waals surface area contributed by atoms with Crippen LogP contribution >= 0.6 is 18.2 Å². The lowest BCUT2D eigenvalue weighted by Gasteiger charge is -2.60. The Kier molecular flexibility index (Phi) is 10.3. The fourth-order valence-corrected chi connectivity index (χ4v) is 6.84. The van der Waals surface area contributed by atoms with Crippen LogP contribution in [0.3, 0.4) is 0 Å². The number of aliphatic hydroxyl groups is 1. The molecule has 3 atom stereocenters. The van der Waals surface area contributed by atoms with E-state index in [4.69, 9.17) is 28.6 Å². The topological polar surface area (TPSA) is 111 Å². The molecule has 3 unspecified atom stereocenters. The van der Waals surface area contributed by atoms with Crippen molar-refractivity contribution in [1.29, 1.82) is 0 Å². The van der Waals surface area contributed by atoms with Gasteiger partial charge in [0.15, 0.2) is 18.4 Å². The van der Waals surface area contributed by atoms with E-state index in [-0.39, 0.29) is 24.7 Å². The van der Waals surface area contributed by atoms with E-state index >= 15 is 0 Å². The van der Waals surface area contributed by atoms with E-state index in [1.165, 1.54) is 4.90 Å². The minimum atomic E-state index is -4.08. The Bertz CT molecular complexity index is 664. The van der Waals surface area contributed by atoms with Crippen LogP contribution in [0.4, 0.5) is 0 Å². The standard InChI is InChI=1S/C19H35O8PS.C3H9N/c1-16(2)23-11-18(12-24-16)7-5-8-19(13-25-17(3,4)27-15(18)19)14-26-28(21,22)29-10-6-9-20;1-4(2)3/h15,20H,5-14H2,1-4H3,(H,21,22);1-3H3. The first-order valence-electron chi connectivity index (χ1n) is 11.7. The van der Waals surface area contributed by atoms with Gasteiger partial charge in [0.1, 0.15) is 0 Å². The average molecular weight is 514 g/mol. The van der Waals surface area contributed by atoms with Crippen molar-refractivity contribution in [3.8, 4) is 0 Å². The van der Waals surface area contributed by atoms with Gasteiger partial charge in [-0.2, -0.15) is 0 Å². The predicted molar refractivity (Wildman–Crippen MR) is 126 cm³/mol. The third kappa shape index (κ3) is 8.41. The molecule has 0 aromatic heterocycles. The lowest BCUT2D eigenvalue weighted by molar-refractivity contribution is -0.836. The molecule has 2 aliphatic heterocycles. The molecule has 1 saturated carbocycles. The maximum absolute atomic E-state index is 12.4. The highest BCUT2D eigenvalue weighted by atomic mass is 32.7. The second kappa shape index (κ2) is 11.5. The van der Waals surface area contributed by atoms with Crippen molar-refractivity contribution in [2.24, 2.45) is 10.8 Å². The number of aliphatic hydroxyl groups excluding tert-OH is 1. The number of rotatable bonds is 7. The van der Waals surface area contributed by atoms with Gasteiger partial charge in [-0.1, -0.05) is 17.8 Å². The Morgan fingerprint density at radius 1 is 1.06 bits per heavy atom. The molecule has 3 rings (SSSR count). The lowest BCUT2D eigenvalue weighted by atomic mass is 9.59. The van der Waals surface area contributed by atoms with Crippen molar-refractivity contribution in [3.05, 3.63) is 0 Å². The van der Waals surface area contributed by atoms with E-state index in [1.807, 2.05) is 27.7 Å². The molecule has 0 radical (unpaired) electrons. The smallest absolute Gasteiger partial charge is 0.192 e. The van der Waals surface area contributed by atoms with Gasteiger partial charge < -0.3 is 38.4 Å².